The largest absolute Gasteiger partial charge is 0.469 e. The van der Waals surface area contributed by atoms with Crippen LogP contribution >= 0.6 is 0 Å². The van der Waals surface area contributed by atoms with Crippen LogP contribution in [0.5, 0.6) is 0 Å². The number of carbonyl (C=O) groups excluding carboxylic acids is 1. The highest BCUT2D eigenvalue weighted by Gasteiger charge is 2.38. The lowest BCUT2D eigenvalue weighted by atomic mass is 9.77. The van der Waals surface area contributed by atoms with E-state index >= 15 is 0 Å². The van der Waals surface area contributed by atoms with Crippen LogP contribution in [0.1, 0.15) is 45.4 Å². The monoisotopic (exact) mass is 243 g/mol. The van der Waals surface area contributed by atoms with Crippen molar-refractivity contribution in [3.8, 4) is 0 Å². The maximum Gasteiger partial charge on any atom is 0.307 e. The Bertz CT molecular complexity index is 245. The van der Waals surface area contributed by atoms with Crippen LogP contribution < -0.4 is 5.32 Å². The lowest BCUT2D eigenvalue weighted by Crippen LogP contribution is -2.52. The molecule has 1 aliphatic rings. The van der Waals surface area contributed by atoms with E-state index in [-0.39, 0.29) is 17.6 Å². The first-order valence-electron chi connectivity index (χ1n) is 6.50. The Hall–Kier alpha value is -0.610. The zero-order chi connectivity index (χ0) is 12.7. The molecule has 0 aromatic carbocycles. The van der Waals surface area contributed by atoms with Gasteiger partial charge in [-0.25, -0.2) is 0 Å². The Balaban J connectivity index is 2.66. The zero-order valence-electron chi connectivity index (χ0n) is 11.3. The molecular formula is C13H25NO3. The van der Waals surface area contributed by atoms with E-state index in [1.807, 2.05) is 0 Å². The number of hydrogen-bond acceptors (Lipinski definition) is 4. The van der Waals surface area contributed by atoms with Crippen molar-refractivity contribution in [2.45, 2.75) is 57.1 Å². The van der Waals surface area contributed by atoms with Crippen molar-refractivity contribution in [1.82, 2.24) is 5.32 Å². The lowest BCUT2D eigenvalue weighted by molar-refractivity contribution is -0.143. The number of nitrogens with one attached hydrogen (secondary N) is 1. The molecule has 0 heterocycles. The quantitative estimate of drug-likeness (QED) is 0.724. The standard InChI is InChI=1S/C13H25NO3/c1-4-8-14-13(10-12(15)17-3)7-5-6-11(9-13)16-2/h11,14H,4-10H2,1-3H3. The van der Waals surface area contributed by atoms with Gasteiger partial charge in [0.2, 0.25) is 0 Å². The van der Waals surface area contributed by atoms with Gasteiger partial charge in [0.25, 0.3) is 0 Å². The summed E-state index contributed by atoms with van der Waals surface area (Å²) in [5, 5.41) is 3.53. The molecule has 0 aliphatic heterocycles. The van der Waals surface area contributed by atoms with Crippen LogP contribution in [0.4, 0.5) is 0 Å². The molecule has 2 atom stereocenters. The summed E-state index contributed by atoms with van der Waals surface area (Å²) in [6.45, 7) is 3.07. The molecule has 0 spiro atoms. The Morgan fingerprint density at radius 3 is 2.82 bits per heavy atom. The third kappa shape index (κ3) is 4.28. The normalized spacial score (nSPS) is 29.0. The molecule has 0 radical (unpaired) electrons. The number of ether oxygens (including phenoxy) is 2. The van der Waals surface area contributed by atoms with Crippen molar-refractivity contribution in [1.29, 1.82) is 0 Å². The first-order chi connectivity index (χ1) is 8.15. The van der Waals surface area contributed by atoms with Gasteiger partial charge in [0, 0.05) is 12.6 Å². The molecule has 1 saturated carbocycles. The average Bonchev–Trinajstić information content (AvgIpc) is 2.36. The maximum atomic E-state index is 11.5. The second kappa shape index (κ2) is 6.97. The number of carbonyl (C=O) groups is 1. The molecule has 0 amide bonds. The summed E-state index contributed by atoms with van der Waals surface area (Å²) in [6.07, 6.45) is 5.90. The second-order valence-electron chi connectivity index (χ2n) is 4.91. The Kier molecular flexibility index (Phi) is 5.92. The number of esters is 1. The third-order valence-electron chi connectivity index (χ3n) is 3.59. The van der Waals surface area contributed by atoms with E-state index in [0.717, 1.165) is 38.6 Å². The Morgan fingerprint density at radius 1 is 1.47 bits per heavy atom. The molecule has 4 nitrogen and oxygen atoms in total. The highest BCUT2D eigenvalue weighted by molar-refractivity contribution is 5.70. The SMILES string of the molecule is CCCNC1(CC(=O)OC)CCCC(OC)C1. The molecule has 1 fully saturated rings. The average molecular weight is 243 g/mol. The summed E-state index contributed by atoms with van der Waals surface area (Å²) < 4.78 is 10.3. The van der Waals surface area contributed by atoms with E-state index in [1.165, 1.54) is 7.11 Å². The molecule has 1 aliphatic carbocycles. The molecule has 100 valence electrons. The molecule has 4 heteroatoms. The van der Waals surface area contributed by atoms with Gasteiger partial charge in [0.15, 0.2) is 0 Å². The van der Waals surface area contributed by atoms with Crippen LogP contribution in [0.25, 0.3) is 0 Å². The van der Waals surface area contributed by atoms with Crippen molar-refractivity contribution < 1.29 is 14.3 Å². The van der Waals surface area contributed by atoms with E-state index in [4.69, 9.17) is 9.47 Å². The lowest BCUT2D eigenvalue weighted by Gasteiger charge is -2.40. The van der Waals surface area contributed by atoms with Crippen molar-refractivity contribution >= 4 is 5.97 Å². The Morgan fingerprint density at radius 2 is 2.24 bits per heavy atom. The first-order valence-corrected chi connectivity index (χ1v) is 6.50. The molecule has 2 unspecified atom stereocenters. The van der Waals surface area contributed by atoms with Gasteiger partial charge in [0.05, 0.1) is 19.6 Å². The van der Waals surface area contributed by atoms with E-state index in [0.29, 0.717) is 6.42 Å². The van der Waals surface area contributed by atoms with Crippen molar-refractivity contribution in [3.05, 3.63) is 0 Å². The molecular weight excluding hydrogens is 218 g/mol. The minimum absolute atomic E-state index is 0.123. The highest BCUT2D eigenvalue weighted by Crippen LogP contribution is 2.33. The number of hydrogen-bond donors (Lipinski definition) is 1. The van der Waals surface area contributed by atoms with Gasteiger partial charge >= 0.3 is 5.97 Å². The van der Waals surface area contributed by atoms with Crippen LogP contribution in [-0.2, 0) is 14.3 Å². The Labute approximate surface area is 104 Å². The van der Waals surface area contributed by atoms with Crippen LogP contribution in [-0.4, -0.2) is 38.4 Å². The topological polar surface area (TPSA) is 47.6 Å². The van der Waals surface area contributed by atoms with Gasteiger partial charge in [-0.1, -0.05) is 6.92 Å². The second-order valence-corrected chi connectivity index (χ2v) is 4.91. The molecule has 0 saturated heterocycles. The summed E-state index contributed by atoms with van der Waals surface area (Å²) in [7, 11) is 3.20. The summed E-state index contributed by atoms with van der Waals surface area (Å²) in [6, 6.07) is 0. The molecule has 1 rings (SSSR count). The van der Waals surface area contributed by atoms with Gasteiger partial charge in [-0.3, -0.25) is 4.79 Å². The van der Waals surface area contributed by atoms with Crippen LogP contribution in [0, 0.1) is 0 Å². The van der Waals surface area contributed by atoms with Gasteiger partial charge in [-0.05, 0) is 38.6 Å². The fourth-order valence-electron chi connectivity index (χ4n) is 2.63. The predicted molar refractivity (Wildman–Crippen MR) is 66.9 cm³/mol. The van der Waals surface area contributed by atoms with Crippen molar-refractivity contribution in [3.63, 3.8) is 0 Å². The van der Waals surface area contributed by atoms with E-state index < -0.39 is 0 Å². The number of rotatable bonds is 6. The predicted octanol–water partition coefficient (Wildman–Crippen LogP) is 1.88. The highest BCUT2D eigenvalue weighted by atomic mass is 16.5. The summed E-state index contributed by atoms with van der Waals surface area (Å²) >= 11 is 0. The minimum atomic E-state index is -0.134. The van der Waals surface area contributed by atoms with Gasteiger partial charge in [0.1, 0.15) is 0 Å². The van der Waals surface area contributed by atoms with E-state index in [2.05, 4.69) is 12.2 Å². The molecule has 1 N–H and O–H groups in total. The smallest absolute Gasteiger partial charge is 0.307 e. The molecule has 0 aromatic heterocycles. The van der Waals surface area contributed by atoms with Crippen LogP contribution in [0.15, 0.2) is 0 Å². The third-order valence-corrected chi connectivity index (χ3v) is 3.59. The summed E-state index contributed by atoms with van der Waals surface area (Å²) in [5.41, 5.74) is -0.123. The van der Waals surface area contributed by atoms with E-state index in [1.54, 1.807) is 7.11 Å². The number of methoxy groups -OCH3 is 2. The minimum Gasteiger partial charge on any atom is -0.469 e. The maximum absolute atomic E-state index is 11.5. The van der Waals surface area contributed by atoms with E-state index in [9.17, 15) is 4.79 Å². The first kappa shape index (κ1) is 14.5. The molecule has 0 aromatic rings. The fourth-order valence-corrected chi connectivity index (χ4v) is 2.63. The fraction of sp³-hybridized carbons (Fsp3) is 0.923. The molecule has 17 heavy (non-hydrogen) atoms. The van der Waals surface area contributed by atoms with Crippen LogP contribution in [0.2, 0.25) is 0 Å². The van der Waals surface area contributed by atoms with Gasteiger partial charge in [-0.2, -0.15) is 0 Å². The van der Waals surface area contributed by atoms with Crippen molar-refractivity contribution in [2.24, 2.45) is 0 Å². The summed E-state index contributed by atoms with van der Waals surface area (Å²) in [4.78, 5) is 11.5. The van der Waals surface area contributed by atoms with Gasteiger partial charge in [-0.15, -0.1) is 0 Å². The summed E-state index contributed by atoms with van der Waals surface area (Å²) in [5.74, 6) is -0.134. The van der Waals surface area contributed by atoms with Gasteiger partial charge < -0.3 is 14.8 Å². The van der Waals surface area contributed by atoms with Crippen LogP contribution in [0.3, 0.4) is 0 Å². The van der Waals surface area contributed by atoms with Crippen molar-refractivity contribution in [2.75, 3.05) is 20.8 Å². The zero-order valence-corrected chi connectivity index (χ0v) is 11.3. The molecule has 0 bridgehead atoms.